The van der Waals surface area contributed by atoms with E-state index in [-0.39, 0.29) is 29.1 Å². The summed E-state index contributed by atoms with van der Waals surface area (Å²) < 4.78 is 13.0. The molecule has 1 atom stereocenters. The minimum Gasteiger partial charge on any atom is -0.353 e. The molecule has 118 valence electrons. The fourth-order valence-corrected chi connectivity index (χ4v) is 3.38. The molecule has 0 radical (unpaired) electrons. The van der Waals surface area contributed by atoms with Crippen molar-refractivity contribution >= 4 is 11.8 Å². The van der Waals surface area contributed by atoms with Crippen LogP contribution in [-0.4, -0.2) is 35.8 Å². The summed E-state index contributed by atoms with van der Waals surface area (Å²) in [6.07, 6.45) is 2.68. The third kappa shape index (κ3) is 2.98. The minimum atomic E-state index is -0.243. The van der Waals surface area contributed by atoms with E-state index in [0.717, 1.165) is 18.4 Å². The smallest absolute Gasteiger partial charge is 0.224 e. The van der Waals surface area contributed by atoms with Crippen LogP contribution in [0.15, 0.2) is 24.3 Å². The summed E-state index contributed by atoms with van der Waals surface area (Å²) in [7, 11) is 0. The average Bonchev–Trinajstić information content (AvgIpc) is 2.44. The lowest BCUT2D eigenvalue weighted by molar-refractivity contribution is -0.139. The lowest BCUT2D eigenvalue weighted by atomic mass is 9.75. The van der Waals surface area contributed by atoms with Crippen molar-refractivity contribution in [3.8, 4) is 0 Å². The first-order valence-corrected chi connectivity index (χ1v) is 7.79. The third-order valence-corrected chi connectivity index (χ3v) is 4.72. The van der Waals surface area contributed by atoms with Gasteiger partial charge in [-0.1, -0.05) is 19.1 Å². The van der Waals surface area contributed by atoms with Crippen LogP contribution in [0.1, 0.15) is 38.2 Å². The Labute approximate surface area is 129 Å². The van der Waals surface area contributed by atoms with Gasteiger partial charge in [-0.25, -0.2) is 4.39 Å². The maximum atomic E-state index is 13.0. The van der Waals surface area contributed by atoms with Gasteiger partial charge in [-0.2, -0.15) is 0 Å². The summed E-state index contributed by atoms with van der Waals surface area (Å²) in [5, 5.41) is 2.88. The molecule has 0 aromatic heterocycles. The van der Waals surface area contributed by atoms with Crippen LogP contribution in [0.3, 0.4) is 0 Å². The van der Waals surface area contributed by atoms with Gasteiger partial charge in [0.25, 0.3) is 0 Å². The van der Waals surface area contributed by atoms with E-state index in [4.69, 9.17) is 0 Å². The lowest BCUT2D eigenvalue weighted by Gasteiger charge is -2.49. The molecule has 2 heterocycles. The Morgan fingerprint density at radius 2 is 2.05 bits per heavy atom. The van der Waals surface area contributed by atoms with Crippen LogP contribution < -0.4 is 5.32 Å². The Morgan fingerprint density at radius 1 is 1.36 bits per heavy atom. The first-order chi connectivity index (χ1) is 10.5. The lowest BCUT2D eigenvalue weighted by Crippen LogP contribution is -2.60. The topological polar surface area (TPSA) is 49.4 Å². The molecule has 22 heavy (non-hydrogen) atoms. The van der Waals surface area contributed by atoms with E-state index in [2.05, 4.69) is 12.2 Å². The minimum absolute atomic E-state index is 0.0218. The molecule has 1 aromatic rings. The number of hydrogen-bond donors (Lipinski definition) is 1. The number of amides is 2. The highest BCUT2D eigenvalue weighted by atomic mass is 19.1. The number of nitrogens with zero attached hydrogens (tertiary/aromatic N) is 1. The SMILES string of the molecule is CC1(c2ccc(F)cc2)CN(C(=O)CC2CCCC(=O)N2)C1. The summed E-state index contributed by atoms with van der Waals surface area (Å²) in [5.74, 6) is -0.108. The number of nitrogens with one attached hydrogen (secondary N) is 1. The van der Waals surface area contributed by atoms with E-state index in [1.165, 1.54) is 12.1 Å². The number of rotatable bonds is 3. The van der Waals surface area contributed by atoms with E-state index in [0.29, 0.717) is 25.9 Å². The number of halogens is 1. The maximum absolute atomic E-state index is 13.0. The Balaban J connectivity index is 1.54. The summed E-state index contributed by atoms with van der Waals surface area (Å²) in [6.45, 7) is 3.39. The third-order valence-electron chi connectivity index (χ3n) is 4.72. The zero-order valence-electron chi connectivity index (χ0n) is 12.8. The van der Waals surface area contributed by atoms with Crippen molar-refractivity contribution in [3.05, 3.63) is 35.6 Å². The summed E-state index contributed by atoms with van der Waals surface area (Å²) in [5.41, 5.74) is 0.961. The Hall–Kier alpha value is -1.91. The van der Waals surface area contributed by atoms with Gasteiger partial charge in [-0.3, -0.25) is 9.59 Å². The molecule has 5 heteroatoms. The monoisotopic (exact) mass is 304 g/mol. The molecule has 1 aromatic carbocycles. The van der Waals surface area contributed by atoms with Gasteiger partial charge < -0.3 is 10.2 Å². The van der Waals surface area contributed by atoms with Crippen molar-refractivity contribution < 1.29 is 14.0 Å². The average molecular weight is 304 g/mol. The van der Waals surface area contributed by atoms with Gasteiger partial charge in [-0.05, 0) is 30.5 Å². The van der Waals surface area contributed by atoms with Gasteiger partial charge in [0.05, 0.1) is 0 Å². The highest BCUT2D eigenvalue weighted by Crippen LogP contribution is 2.34. The molecule has 0 saturated carbocycles. The van der Waals surface area contributed by atoms with Gasteiger partial charge in [0.2, 0.25) is 11.8 Å². The fourth-order valence-electron chi connectivity index (χ4n) is 3.38. The molecule has 0 spiro atoms. The highest BCUT2D eigenvalue weighted by Gasteiger charge is 2.42. The zero-order valence-corrected chi connectivity index (χ0v) is 12.8. The molecule has 2 amide bonds. The number of carbonyl (C=O) groups is 2. The van der Waals surface area contributed by atoms with Crippen LogP contribution in [0.2, 0.25) is 0 Å². The molecule has 1 N–H and O–H groups in total. The first kappa shape index (κ1) is 15.0. The van der Waals surface area contributed by atoms with Crippen molar-refractivity contribution in [3.63, 3.8) is 0 Å². The summed E-state index contributed by atoms with van der Waals surface area (Å²) in [4.78, 5) is 25.5. The number of carbonyl (C=O) groups excluding carboxylic acids is 2. The van der Waals surface area contributed by atoms with Gasteiger partial charge in [-0.15, -0.1) is 0 Å². The molecule has 2 aliphatic heterocycles. The van der Waals surface area contributed by atoms with Crippen molar-refractivity contribution in [1.29, 1.82) is 0 Å². The molecule has 3 rings (SSSR count). The molecule has 0 aliphatic carbocycles. The molecular weight excluding hydrogens is 283 g/mol. The second kappa shape index (κ2) is 5.71. The molecule has 2 fully saturated rings. The van der Waals surface area contributed by atoms with Crippen LogP contribution in [0.5, 0.6) is 0 Å². The van der Waals surface area contributed by atoms with Crippen LogP contribution in [0.25, 0.3) is 0 Å². The molecule has 4 nitrogen and oxygen atoms in total. The number of likely N-dealkylation sites (tertiary alicyclic amines) is 1. The van der Waals surface area contributed by atoms with Crippen LogP contribution in [0.4, 0.5) is 4.39 Å². The summed E-state index contributed by atoms with van der Waals surface area (Å²) >= 11 is 0. The second-order valence-electron chi connectivity index (χ2n) is 6.68. The number of hydrogen-bond acceptors (Lipinski definition) is 2. The molecular formula is C17H21FN2O2. The van der Waals surface area contributed by atoms with E-state index >= 15 is 0 Å². The van der Waals surface area contributed by atoms with Crippen molar-refractivity contribution in [1.82, 2.24) is 10.2 Å². The Kier molecular flexibility index (Phi) is 3.89. The van der Waals surface area contributed by atoms with Crippen molar-refractivity contribution in [2.75, 3.05) is 13.1 Å². The zero-order chi connectivity index (χ0) is 15.7. The quantitative estimate of drug-likeness (QED) is 0.928. The number of benzene rings is 1. The predicted octanol–water partition coefficient (Wildman–Crippen LogP) is 1.98. The first-order valence-electron chi connectivity index (χ1n) is 7.79. The van der Waals surface area contributed by atoms with E-state index < -0.39 is 0 Å². The van der Waals surface area contributed by atoms with E-state index in [1.54, 1.807) is 12.1 Å². The van der Waals surface area contributed by atoms with Crippen molar-refractivity contribution in [2.45, 2.75) is 44.1 Å². The van der Waals surface area contributed by atoms with Crippen LogP contribution in [-0.2, 0) is 15.0 Å². The second-order valence-corrected chi connectivity index (χ2v) is 6.68. The fraction of sp³-hybridized carbons (Fsp3) is 0.529. The molecule has 0 bridgehead atoms. The van der Waals surface area contributed by atoms with Crippen LogP contribution in [0, 0.1) is 5.82 Å². The molecule has 1 unspecified atom stereocenters. The Bertz CT molecular complexity index is 579. The van der Waals surface area contributed by atoms with Crippen molar-refractivity contribution in [2.24, 2.45) is 0 Å². The largest absolute Gasteiger partial charge is 0.353 e. The summed E-state index contributed by atoms with van der Waals surface area (Å²) in [6, 6.07) is 6.48. The van der Waals surface area contributed by atoms with E-state index in [1.807, 2.05) is 4.90 Å². The highest BCUT2D eigenvalue weighted by molar-refractivity contribution is 5.81. The molecule has 2 aliphatic rings. The predicted molar refractivity (Wildman–Crippen MR) is 80.7 cm³/mol. The maximum Gasteiger partial charge on any atom is 0.224 e. The number of piperidine rings is 1. The van der Waals surface area contributed by atoms with Gasteiger partial charge >= 0.3 is 0 Å². The van der Waals surface area contributed by atoms with Gasteiger partial charge in [0, 0.05) is 37.4 Å². The Morgan fingerprint density at radius 3 is 2.68 bits per heavy atom. The normalized spacial score (nSPS) is 23.6. The van der Waals surface area contributed by atoms with Gasteiger partial charge in [0.1, 0.15) is 5.82 Å². The van der Waals surface area contributed by atoms with Crippen LogP contribution >= 0.6 is 0 Å². The van der Waals surface area contributed by atoms with Gasteiger partial charge in [0.15, 0.2) is 0 Å². The standard InChI is InChI=1S/C17H21FN2O2/c1-17(12-5-7-13(18)8-6-12)10-20(11-17)16(22)9-14-3-2-4-15(21)19-14/h5-8,14H,2-4,9-11H2,1H3,(H,19,21). The van der Waals surface area contributed by atoms with E-state index in [9.17, 15) is 14.0 Å². The molecule has 2 saturated heterocycles.